The summed E-state index contributed by atoms with van der Waals surface area (Å²) in [7, 11) is -2.27. The Hall–Kier alpha value is -2.75. The summed E-state index contributed by atoms with van der Waals surface area (Å²) >= 11 is 0. The summed E-state index contributed by atoms with van der Waals surface area (Å²) < 4.78 is 31.7. The Balaban J connectivity index is 1.68. The zero-order valence-electron chi connectivity index (χ0n) is 17.5. The van der Waals surface area contributed by atoms with Gasteiger partial charge in [-0.3, -0.25) is 14.5 Å². The number of carbonyl (C=O) groups is 2. The molecule has 1 amide bonds. The van der Waals surface area contributed by atoms with Gasteiger partial charge in [-0.15, -0.1) is 0 Å². The second-order valence-corrected chi connectivity index (χ2v) is 9.33. The lowest BCUT2D eigenvalue weighted by atomic mass is 10.2. The number of benzene rings is 2. The molecular weight excluding hydrogens is 418 g/mol. The van der Waals surface area contributed by atoms with Gasteiger partial charge in [-0.25, -0.2) is 8.42 Å². The van der Waals surface area contributed by atoms with Crippen molar-refractivity contribution in [1.82, 2.24) is 9.21 Å². The zero-order valence-corrected chi connectivity index (χ0v) is 18.3. The molecule has 1 aliphatic heterocycles. The van der Waals surface area contributed by atoms with Crippen molar-refractivity contribution in [2.75, 3.05) is 38.6 Å². The maximum absolute atomic E-state index is 12.8. The molecule has 9 heteroatoms. The molecule has 8 nitrogen and oxygen atoms in total. The minimum Gasteiger partial charge on any atom is -0.468 e. The van der Waals surface area contributed by atoms with E-state index in [9.17, 15) is 18.0 Å². The Morgan fingerprint density at radius 1 is 1.03 bits per heavy atom. The number of amides is 1. The molecule has 1 heterocycles. The summed E-state index contributed by atoms with van der Waals surface area (Å²) in [5.41, 5.74) is 1.35. The van der Waals surface area contributed by atoms with Crippen molar-refractivity contribution in [3.63, 3.8) is 0 Å². The molecule has 0 bridgehead atoms. The van der Waals surface area contributed by atoms with E-state index in [4.69, 9.17) is 4.74 Å². The van der Waals surface area contributed by atoms with E-state index in [-0.39, 0.29) is 23.9 Å². The van der Waals surface area contributed by atoms with E-state index in [1.54, 1.807) is 17.0 Å². The van der Waals surface area contributed by atoms with Crippen molar-refractivity contribution in [3.8, 4) is 0 Å². The van der Waals surface area contributed by atoms with E-state index in [0.29, 0.717) is 25.3 Å². The van der Waals surface area contributed by atoms with Gasteiger partial charge in [0.25, 0.3) is 0 Å². The van der Waals surface area contributed by atoms with Crippen LogP contribution in [0.15, 0.2) is 59.5 Å². The third-order valence-corrected chi connectivity index (χ3v) is 6.91. The molecule has 1 saturated heterocycles. The fraction of sp³-hybridized carbons (Fsp3) is 0.364. The molecule has 0 aliphatic carbocycles. The largest absolute Gasteiger partial charge is 0.468 e. The lowest BCUT2D eigenvalue weighted by molar-refractivity contribution is -0.142. The molecule has 1 aliphatic rings. The quantitative estimate of drug-likeness (QED) is 0.594. The monoisotopic (exact) mass is 445 g/mol. The number of methoxy groups -OCH3 is 1. The van der Waals surface area contributed by atoms with E-state index >= 15 is 0 Å². The Morgan fingerprint density at radius 2 is 1.74 bits per heavy atom. The highest BCUT2D eigenvalue weighted by molar-refractivity contribution is 7.89. The van der Waals surface area contributed by atoms with Crippen LogP contribution >= 0.6 is 0 Å². The smallest absolute Gasteiger partial charge is 0.319 e. The third kappa shape index (κ3) is 6.36. The first-order valence-electron chi connectivity index (χ1n) is 10.1. The molecule has 0 radical (unpaired) electrons. The number of carbonyl (C=O) groups excluding carboxylic acids is 2. The maximum Gasteiger partial charge on any atom is 0.319 e. The van der Waals surface area contributed by atoms with Crippen LogP contribution in [0.1, 0.15) is 18.4 Å². The highest BCUT2D eigenvalue weighted by atomic mass is 32.2. The van der Waals surface area contributed by atoms with E-state index < -0.39 is 16.0 Å². The van der Waals surface area contributed by atoms with Crippen LogP contribution < -0.4 is 5.32 Å². The number of ether oxygens (including phenoxy) is 1. The van der Waals surface area contributed by atoms with Crippen LogP contribution in [-0.2, 0) is 30.9 Å². The SMILES string of the molecule is COC(=O)CN(CC(=O)Nc1cccc(S(=O)(=O)N2CCCC2)c1)Cc1ccccc1. The van der Waals surface area contributed by atoms with Crippen LogP contribution in [-0.4, -0.2) is 62.8 Å². The third-order valence-electron chi connectivity index (χ3n) is 5.02. The molecule has 0 unspecified atom stereocenters. The Morgan fingerprint density at radius 3 is 2.42 bits per heavy atom. The van der Waals surface area contributed by atoms with E-state index in [1.165, 1.54) is 23.5 Å². The fourth-order valence-electron chi connectivity index (χ4n) is 3.47. The average Bonchev–Trinajstić information content (AvgIpc) is 3.30. The lowest BCUT2D eigenvalue weighted by Crippen LogP contribution is -2.37. The number of sulfonamides is 1. The summed E-state index contributed by atoms with van der Waals surface area (Å²) in [5.74, 6) is -0.794. The molecule has 1 fully saturated rings. The van der Waals surface area contributed by atoms with Crippen molar-refractivity contribution < 1.29 is 22.7 Å². The van der Waals surface area contributed by atoms with E-state index in [1.807, 2.05) is 30.3 Å². The van der Waals surface area contributed by atoms with Gasteiger partial charge in [-0.2, -0.15) is 4.31 Å². The first kappa shape index (κ1) is 22.9. The molecule has 0 spiro atoms. The Labute approximate surface area is 182 Å². The van der Waals surface area contributed by atoms with Crippen LogP contribution in [0.3, 0.4) is 0 Å². The second-order valence-electron chi connectivity index (χ2n) is 7.39. The molecule has 0 atom stereocenters. The number of nitrogens with one attached hydrogen (secondary N) is 1. The standard InChI is InChI=1S/C22H27N3O5S/c1-30-22(27)17-24(15-18-8-3-2-4-9-18)16-21(26)23-19-10-7-11-20(14-19)31(28,29)25-12-5-6-13-25/h2-4,7-11,14H,5-6,12-13,15-17H2,1H3,(H,23,26). The van der Waals surface area contributed by atoms with Crippen molar-refractivity contribution in [2.45, 2.75) is 24.3 Å². The van der Waals surface area contributed by atoms with Gasteiger partial charge >= 0.3 is 5.97 Å². The Kier molecular flexibility index (Phi) is 7.78. The topological polar surface area (TPSA) is 96.0 Å². The molecule has 166 valence electrons. The van der Waals surface area contributed by atoms with Crippen LogP contribution in [0.2, 0.25) is 0 Å². The molecule has 2 aromatic carbocycles. The zero-order chi connectivity index (χ0) is 22.3. The van der Waals surface area contributed by atoms with Crippen LogP contribution in [0.5, 0.6) is 0 Å². The van der Waals surface area contributed by atoms with E-state index in [0.717, 1.165) is 18.4 Å². The van der Waals surface area contributed by atoms with Gasteiger partial charge < -0.3 is 10.1 Å². The fourth-order valence-corrected chi connectivity index (χ4v) is 5.04. The van der Waals surface area contributed by atoms with Crippen LogP contribution in [0, 0.1) is 0 Å². The number of anilines is 1. The molecular formula is C22H27N3O5S. The molecule has 1 N–H and O–H groups in total. The number of esters is 1. The molecule has 0 saturated carbocycles. The van der Waals surface area contributed by atoms with Gasteiger partial charge in [0.2, 0.25) is 15.9 Å². The number of hydrogen-bond acceptors (Lipinski definition) is 6. The summed E-state index contributed by atoms with van der Waals surface area (Å²) in [6, 6.07) is 15.7. The van der Waals surface area contributed by atoms with Gasteiger partial charge in [-0.05, 0) is 36.6 Å². The summed E-state index contributed by atoms with van der Waals surface area (Å²) in [5, 5.41) is 2.74. The highest BCUT2D eigenvalue weighted by Crippen LogP contribution is 2.23. The molecule has 3 rings (SSSR count). The predicted octanol–water partition coefficient (Wildman–Crippen LogP) is 2.08. The number of nitrogens with zero attached hydrogens (tertiary/aromatic N) is 2. The van der Waals surface area contributed by atoms with Gasteiger partial charge in [0.15, 0.2) is 0 Å². The van der Waals surface area contributed by atoms with Crippen molar-refractivity contribution in [2.24, 2.45) is 0 Å². The van der Waals surface area contributed by atoms with Gasteiger partial charge in [0.1, 0.15) is 0 Å². The minimum atomic E-state index is -3.57. The molecule has 2 aromatic rings. The average molecular weight is 446 g/mol. The summed E-state index contributed by atoms with van der Waals surface area (Å²) in [6.45, 7) is 1.34. The minimum absolute atomic E-state index is 0.0395. The first-order chi connectivity index (χ1) is 14.9. The normalized spacial score (nSPS) is 14.5. The second kappa shape index (κ2) is 10.5. The summed E-state index contributed by atoms with van der Waals surface area (Å²) in [4.78, 5) is 26.2. The number of hydrogen-bond donors (Lipinski definition) is 1. The highest BCUT2D eigenvalue weighted by Gasteiger charge is 2.27. The molecule has 0 aromatic heterocycles. The van der Waals surface area contributed by atoms with Crippen molar-refractivity contribution in [1.29, 1.82) is 0 Å². The predicted molar refractivity (Wildman–Crippen MR) is 117 cm³/mol. The Bertz CT molecular complexity index is 1000. The van der Waals surface area contributed by atoms with Crippen molar-refractivity contribution >= 4 is 27.6 Å². The van der Waals surface area contributed by atoms with Crippen LogP contribution in [0.25, 0.3) is 0 Å². The maximum atomic E-state index is 12.8. The van der Waals surface area contributed by atoms with Gasteiger partial charge in [0, 0.05) is 25.3 Å². The number of rotatable bonds is 9. The van der Waals surface area contributed by atoms with E-state index in [2.05, 4.69) is 5.32 Å². The van der Waals surface area contributed by atoms with Gasteiger partial charge in [-0.1, -0.05) is 36.4 Å². The van der Waals surface area contributed by atoms with Crippen molar-refractivity contribution in [3.05, 3.63) is 60.2 Å². The summed E-state index contributed by atoms with van der Waals surface area (Å²) in [6.07, 6.45) is 1.71. The first-order valence-corrected chi connectivity index (χ1v) is 11.6. The lowest BCUT2D eigenvalue weighted by Gasteiger charge is -2.21. The van der Waals surface area contributed by atoms with Gasteiger partial charge in [0.05, 0.1) is 25.1 Å². The molecule has 31 heavy (non-hydrogen) atoms. The van der Waals surface area contributed by atoms with Crippen LogP contribution in [0.4, 0.5) is 5.69 Å².